The van der Waals surface area contributed by atoms with Crippen molar-refractivity contribution in [1.29, 1.82) is 0 Å². The number of nitrogens with one attached hydrogen (secondary N) is 1. The topological polar surface area (TPSA) is 86.4 Å². The lowest BCUT2D eigenvalue weighted by Gasteiger charge is -2.22. The molecule has 2 aromatic rings. The summed E-state index contributed by atoms with van der Waals surface area (Å²) in [5.74, 6) is 0.129. The first-order valence-electron chi connectivity index (χ1n) is 7.53. The molecule has 0 bridgehead atoms. The number of nitrogens with zero attached hydrogens (tertiary/aromatic N) is 3. The van der Waals surface area contributed by atoms with Crippen LogP contribution in [0.4, 0.5) is 0 Å². The summed E-state index contributed by atoms with van der Waals surface area (Å²) >= 11 is 0. The Labute approximate surface area is 132 Å². The lowest BCUT2D eigenvalue weighted by atomic mass is 10.2. The van der Waals surface area contributed by atoms with E-state index in [2.05, 4.69) is 9.97 Å². The maximum atomic E-state index is 12.2. The minimum Gasteiger partial charge on any atom is -0.309 e. The molecule has 3 rings (SSSR count). The number of imide groups is 1. The van der Waals surface area contributed by atoms with Crippen LogP contribution in [-0.4, -0.2) is 51.2 Å². The summed E-state index contributed by atoms with van der Waals surface area (Å²) in [6.07, 6.45) is 0.168. The SMILES string of the molecule is CCN1C(=O)C[C@@H](N(C)Cc2nc3ccccc3c(=O)[nH]2)C1=O. The Balaban J connectivity index is 1.83. The van der Waals surface area contributed by atoms with E-state index in [4.69, 9.17) is 0 Å². The predicted octanol–water partition coefficient (Wildman–Crippen LogP) is 0.502. The van der Waals surface area contributed by atoms with E-state index < -0.39 is 6.04 Å². The number of fused-ring (bicyclic) bond motifs is 1. The first-order chi connectivity index (χ1) is 11.0. The summed E-state index contributed by atoms with van der Waals surface area (Å²) in [5.41, 5.74) is 0.409. The van der Waals surface area contributed by atoms with Gasteiger partial charge in [0.05, 0.1) is 29.9 Å². The molecule has 2 amide bonds. The molecule has 0 radical (unpaired) electrons. The normalized spacial score (nSPS) is 18.4. The minimum absolute atomic E-state index is 0.158. The highest BCUT2D eigenvalue weighted by molar-refractivity contribution is 6.05. The molecule has 1 atom stereocenters. The van der Waals surface area contributed by atoms with Gasteiger partial charge in [0.25, 0.3) is 5.56 Å². The van der Waals surface area contributed by atoms with Crippen molar-refractivity contribution in [3.8, 4) is 0 Å². The second-order valence-corrected chi connectivity index (χ2v) is 5.64. The Kier molecular flexibility index (Phi) is 3.96. The third kappa shape index (κ3) is 2.75. The molecule has 120 valence electrons. The van der Waals surface area contributed by atoms with Gasteiger partial charge < -0.3 is 4.98 Å². The molecule has 2 heterocycles. The first kappa shape index (κ1) is 15.4. The fourth-order valence-electron chi connectivity index (χ4n) is 2.90. The Morgan fingerprint density at radius 1 is 1.30 bits per heavy atom. The van der Waals surface area contributed by atoms with Gasteiger partial charge in [-0.15, -0.1) is 0 Å². The number of aromatic nitrogens is 2. The van der Waals surface area contributed by atoms with Crippen LogP contribution in [0.1, 0.15) is 19.2 Å². The van der Waals surface area contributed by atoms with Gasteiger partial charge in [-0.2, -0.15) is 0 Å². The summed E-state index contributed by atoms with van der Waals surface area (Å²) in [4.78, 5) is 46.3. The molecular weight excluding hydrogens is 296 g/mol. The van der Waals surface area contributed by atoms with Crippen molar-refractivity contribution in [2.75, 3.05) is 13.6 Å². The van der Waals surface area contributed by atoms with E-state index in [1.165, 1.54) is 4.90 Å². The molecular formula is C16H18N4O3. The quantitative estimate of drug-likeness (QED) is 0.831. The smallest absolute Gasteiger partial charge is 0.258 e. The lowest BCUT2D eigenvalue weighted by Crippen LogP contribution is -2.40. The molecule has 0 saturated carbocycles. The van der Waals surface area contributed by atoms with Crippen LogP contribution in [0, 0.1) is 0 Å². The maximum Gasteiger partial charge on any atom is 0.258 e. The van der Waals surface area contributed by atoms with Gasteiger partial charge in [0.15, 0.2) is 0 Å². The van der Waals surface area contributed by atoms with Crippen molar-refractivity contribution >= 4 is 22.7 Å². The van der Waals surface area contributed by atoms with Crippen LogP contribution in [0.3, 0.4) is 0 Å². The molecule has 1 aromatic carbocycles. The fourth-order valence-corrected chi connectivity index (χ4v) is 2.90. The van der Waals surface area contributed by atoms with Crippen LogP contribution in [0.5, 0.6) is 0 Å². The van der Waals surface area contributed by atoms with E-state index in [-0.39, 0.29) is 23.8 Å². The van der Waals surface area contributed by atoms with Crippen molar-refractivity contribution in [3.05, 3.63) is 40.4 Å². The van der Waals surface area contributed by atoms with Crippen molar-refractivity contribution in [2.24, 2.45) is 0 Å². The van der Waals surface area contributed by atoms with E-state index in [0.29, 0.717) is 29.8 Å². The summed E-state index contributed by atoms with van der Waals surface area (Å²) < 4.78 is 0. The third-order valence-electron chi connectivity index (χ3n) is 4.13. The number of amides is 2. The van der Waals surface area contributed by atoms with Gasteiger partial charge in [-0.3, -0.25) is 24.2 Å². The Hall–Kier alpha value is -2.54. The van der Waals surface area contributed by atoms with Gasteiger partial charge in [-0.05, 0) is 26.1 Å². The molecule has 23 heavy (non-hydrogen) atoms. The van der Waals surface area contributed by atoms with E-state index in [0.717, 1.165) is 0 Å². The monoisotopic (exact) mass is 314 g/mol. The van der Waals surface area contributed by atoms with Crippen LogP contribution in [0.15, 0.2) is 29.1 Å². The maximum absolute atomic E-state index is 12.2. The zero-order valence-corrected chi connectivity index (χ0v) is 13.1. The molecule has 7 heteroatoms. The van der Waals surface area contributed by atoms with Gasteiger partial charge in [-0.1, -0.05) is 12.1 Å². The Morgan fingerprint density at radius 3 is 2.74 bits per heavy atom. The average molecular weight is 314 g/mol. The van der Waals surface area contributed by atoms with Gasteiger partial charge in [0, 0.05) is 6.54 Å². The third-order valence-corrected chi connectivity index (χ3v) is 4.13. The number of carbonyl (C=O) groups excluding carboxylic acids is 2. The summed E-state index contributed by atoms with van der Waals surface area (Å²) in [7, 11) is 1.75. The van der Waals surface area contributed by atoms with Crippen LogP contribution >= 0.6 is 0 Å². The molecule has 1 N–H and O–H groups in total. The predicted molar refractivity (Wildman–Crippen MR) is 84.6 cm³/mol. The van der Waals surface area contributed by atoms with E-state index in [9.17, 15) is 14.4 Å². The largest absolute Gasteiger partial charge is 0.309 e. The first-order valence-corrected chi connectivity index (χ1v) is 7.53. The number of aromatic amines is 1. The second kappa shape index (κ2) is 5.92. The van der Waals surface area contributed by atoms with Gasteiger partial charge in [0.2, 0.25) is 11.8 Å². The number of likely N-dealkylation sites (N-methyl/N-ethyl adjacent to an activating group) is 2. The lowest BCUT2D eigenvalue weighted by molar-refractivity contribution is -0.139. The number of hydrogen-bond donors (Lipinski definition) is 1. The Bertz CT molecular complexity index is 829. The highest BCUT2D eigenvalue weighted by Crippen LogP contribution is 2.18. The molecule has 0 unspecified atom stereocenters. The molecule has 7 nitrogen and oxygen atoms in total. The van der Waals surface area contributed by atoms with Crippen LogP contribution in [0.25, 0.3) is 10.9 Å². The zero-order valence-electron chi connectivity index (χ0n) is 13.1. The zero-order chi connectivity index (χ0) is 16.6. The average Bonchev–Trinajstić information content (AvgIpc) is 2.81. The molecule has 1 aromatic heterocycles. The number of H-pyrrole nitrogens is 1. The van der Waals surface area contributed by atoms with Crippen molar-refractivity contribution in [3.63, 3.8) is 0 Å². The summed E-state index contributed by atoms with van der Waals surface area (Å²) in [6, 6.07) is 6.59. The van der Waals surface area contributed by atoms with Crippen LogP contribution < -0.4 is 5.56 Å². The molecule has 1 aliphatic rings. The molecule has 1 saturated heterocycles. The standard InChI is InChI=1S/C16H18N4O3/c1-3-20-14(21)8-12(16(20)23)19(2)9-13-17-11-7-5-4-6-10(11)15(22)18-13/h4-7,12H,3,8-9H2,1-2H3,(H,17,18,22)/t12-/m1/s1. The summed E-state index contributed by atoms with van der Waals surface area (Å²) in [5, 5.41) is 0.531. The molecule has 1 aliphatic heterocycles. The fraction of sp³-hybridized carbons (Fsp3) is 0.375. The number of carbonyl (C=O) groups is 2. The van der Waals surface area contributed by atoms with Gasteiger partial charge >= 0.3 is 0 Å². The van der Waals surface area contributed by atoms with Crippen molar-refractivity contribution in [1.82, 2.24) is 19.8 Å². The number of hydrogen-bond acceptors (Lipinski definition) is 5. The molecule has 0 aliphatic carbocycles. The highest BCUT2D eigenvalue weighted by atomic mass is 16.2. The van der Waals surface area contributed by atoms with E-state index >= 15 is 0 Å². The molecule has 1 fully saturated rings. The van der Waals surface area contributed by atoms with Crippen LogP contribution in [0.2, 0.25) is 0 Å². The molecule has 0 spiro atoms. The number of likely N-dealkylation sites (tertiary alicyclic amines) is 1. The van der Waals surface area contributed by atoms with Gasteiger partial charge in [-0.25, -0.2) is 4.98 Å². The number of para-hydroxylation sites is 1. The van der Waals surface area contributed by atoms with Crippen molar-refractivity contribution in [2.45, 2.75) is 25.9 Å². The highest BCUT2D eigenvalue weighted by Gasteiger charge is 2.39. The van der Waals surface area contributed by atoms with Crippen molar-refractivity contribution < 1.29 is 9.59 Å². The second-order valence-electron chi connectivity index (χ2n) is 5.64. The van der Waals surface area contributed by atoms with E-state index in [1.807, 2.05) is 6.07 Å². The van der Waals surface area contributed by atoms with Gasteiger partial charge in [0.1, 0.15) is 5.82 Å². The van der Waals surface area contributed by atoms with Crippen LogP contribution in [-0.2, 0) is 16.1 Å². The minimum atomic E-state index is -0.501. The number of rotatable bonds is 4. The van der Waals surface area contributed by atoms with E-state index in [1.54, 1.807) is 37.1 Å². The number of benzene rings is 1. The summed E-state index contributed by atoms with van der Waals surface area (Å²) in [6.45, 7) is 2.45. The Morgan fingerprint density at radius 2 is 2.04 bits per heavy atom.